The molecule has 0 spiro atoms. The van der Waals surface area contributed by atoms with Gasteiger partial charge in [-0.25, -0.2) is 0 Å². The molecule has 0 bridgehead atoms. The third-order valence-corrected chi connectivity index (χ3v) is 9.74. The quantitative estimate of drug-likeness (QED) is 0.207. The lowest BCUT2D eigenvalue weighted by atomic mass is 9.72. The molecule has 0 amide bonds. The molecular weight excluding hydrogens is 508 g/mol. The van der Waals surface area contributed by atoms with Crippen molar-refractivity contribution in [2.45, 2.75) is 25.7 Å². The lowest BCUT2D eigenvalue weighted by molar-refractivity contribution is 0.617. The van der Waals surface area contributed by atoms with Crippen molar-refractivity contribution in [3.63, 3.8) is 0 Å². The zero-order chi connectivity index (χ0) is 27.9. The maximum absolute atomic E-state index is 2.49. The molecule has 2 heterocycles. The molecule has 1 aliphatic rings. The molecule has 42 heavy (non-hydrogen) atoms. The van der Waals surface area contributed by atoms with Gasteiger partial charge in [-0.1, -0.05) is 86.6 Å². The van der Waals surface area contributed by atoms with E-state index < -0.39 is 0 Å². The van der Waals surface area contributed by atoms with E-state index in [0.717, 1.165) is 0 Å². The van der Waals surface area contributed by atoms with Gasteiger partial charge in [-0.2, -0.15) is 0 Å². The molecule has 0 N–H and O–H groups in total. The maximum Gasteiger partial charge on any atom is 0.0547 e. The van der Waals surface area contributed by atoms with E-state index in [2.05, 4.69) is 156 Å². The van der Waals surface area contributed by atoms with Crippen molar-refractivity contribution in [1.29, 1.82) is 0 Å². The minimum absolute atomic E-state index is 0.413. The summed E-state index contributed by atoms with van der Waals surface area (Å²) in [7, 11) is 0. The average Bonchev–Trinajstić information content (AvgIpc) is 3.55. The van der Waals surface area contributed by atoms with Crippen LogP contribution in [0.15, 0.2) is 133 Å². The van der Waals surface area contributed by atoms with Crippen LogP contribution in [0.3, 0.4) is 0 Å². The molecule has 2 nitrogen and oxygen atoms in total. The fourth-order valence-electron chi connectivity index (χ4n) is 7.53. The molecule has 2 unspecified atom stereocenters. The van der Waals surface area contributed by atoms with Crippen LogP contribution in [-0.2, 0) is 0 Å². The van der Waals surface area contributed by atoms with Crippen molar-refractivity contribution >= 4 is 43.6 Å². The number of nitrogens with zero attached hydrogens (tertiary/aromatic N) is 2. The number of aromatic nitrogens is 2. The standard InChI is InChI=1S/C40H30N2/c1-25-26(2)32-22-36-30-18-10-12-20-38(30)42(28-15-7-4-8-16-28)40(36)24-34(32)33-23-39-35(21-31(25)33)29-17-9-11-19-37(29)41(39)27-13-5-3-6-14-27/h3-26H,1-2H3. The van der Waals surface area contributed by atoms with Crippen molar-refractivity contribution in [3.05, 3.63) is 145 Å². The number of benzene rings is 6. The first-order valence-electron chi connectivity index (χ1n) is 14.9. The highest BCUT2D eigenvalue weighted by Gasteiger charge is 2.31. The van der Waals surface area contributed by atoms with Crippen molar-refractivity contribution in [3.8, 4) is 22.5 Å². The highest BCUT2D eigenvalue weighted by atomic mass is 15.0. The zero-order valence-corrected chi connectivity index (χ0v) is 23.8. The second kappa shape index (κ2) is 8.71. The number of para-hydroxylation sites is 4. The van der Waals surface area contributed by atoms with Gasteiger partial charge >= 0.3 is 0 Å². The van der Waals surface area contributed by atoms with E-state index in [1.807, 2.05) is 0 Å². The Morgan fingerprint density at radius 1 is 0.381 bits per heavy atom. The number of fused-ring (bicyclic) bond motifs is 9. The Balaban J connectivity index is 1.41. The molecule has 0 saturated heterocycles. The highest BCUT2D eigenvalue weighted by molar-refractivity contribution is 6.13. The first-order valence-corrected chi connectivity index (χ1v) is 14.9. The molecule has 6 aromatic carbocycles. The highest BCUT2D eigenvalue weighted by Crippen LogP contribution is 2.51. The number of hydrogen-bond acceptors (Lipinski definition) is 0. The first-order chi connectivity index (χ1) is 20.7. The molecule has 0 fully saturated rings. The second-order valence-electron chi connectivity index (χ2n) is 11.9. The summed E-state index contributed by atoms with van der Waals surface area (Å²) in [4.78, 5) is 0. The van der Waals surface area contributed by atoms with E-state index in [1.165, 1.54) is 77.2 Å². The summed E-state index contributed by atoms with van der Waals surface area (Å²) in [5.41, 5.74) is 13.0. The van der Waals surface area contributed by atoms with Crippen molar-refractivity contribution in [2.75, 3.05) is 0 Å². The maximum atomic E-state index is 2.49. The SMILES string of the molecule is CC1c2cc3c4ccccc4n(-c4ccccc4)c3cc2-c2cc3c(cc2C1C)c1ccccc1n3-c1ccccc1. The van der Waals surface area contributed by atoms with Crippen LogP contribution in [0.25, 0.3) is 66.1 Å². The van der Waals surface area contributed by atoms with Gasteiger partial charge in [0.05, 0.1) is 22.1 Å². The predicted molar refractivity (Wildman–Crippen MR) is 177 cm³/mol. The van der Waals surface area contributed by atoms with Gasteiger partial charge < -0.3 is 9.13 Å². The molecule has 2 aromatic heterocycles. The minimum Gasteiger partial charge on any atom is -0.309 e. The number of rotatable bonds is 2. The molecule has 8 aromatic rings. The van der Waals surface area contributed by atoms with E-state index in [0.29, 0.717) is 11.8 Å². The van der Waals surface area contributed by atoms with E-state index >= 15 is 0 Å². The third-order valence-electron chi connectivity index (χ3n) is 9.74. The van der Waals surface area contributed by atoms with Gasteiger partial charge in [-0.15, -0.1) is 0 Å². The van der Waals surface area contributed by atoms with Gasteiger partial charge in [0, 0.05) is 32.9 Å². The molecule has 0 saturated carbocycles. The minimum atomic E-state index is 0.413. The van der Waals surface area contributed by atoms with E-state index in [4.69, 9.17) is 0 Å². The summed E-state index contributed by atoms with van der Waals surface area (Å²) in [6.45, 7) is 4.82. The summed E-state index contributed by atoms with van der Waals surface area (Å²) >= 11 is 0. The Morgan fingerprint density at radius 2 is 0.762 bits per heavy atom. The lowest BCUT2D eigenvalue weighted by Gasteiger charge is -2.32. The normalized spacial score (nSPS) is 16.3. The van der Waals surface area contributed by atoms with Gasteiger partial charge in [-0.05, 0) is 94.8 Å². The molecule has 1 aliphatic carbocycles. The van der Waals surface area contributed by atoms with Crippen molar-refractivity contribution in [1.82, 2.24) is 9.13 Å². The second-order valence-corrected chi connectivity index (χ2v) is 11.9. The van der Waals surface area contributed by atoms with Crippen LogP contribution in [0.2, 0.25) is 0 Å². The Labute approximate surface area is 245 Å². The van der Waals surface area contributed by atoms with Crippen LogP contribution >= 0.6 is 0 Å². The summed E-state index contributed by atoms with van der Waals surface area (Å²) in [5.74, 6) is 0.825. The first kappa shape index (κ1) is 23.6. The van der Waals surface area contributed by atoms with Crippen molar-refractivity contribution < 1.29 is 0 Å². The van der Waals surface area contributed by atoms with Gasteiger partial charge in [0.2, 0.25) is 0 Å². The van der Waals surface area contributed by atoms with Crippen LogP contribution in [0.4, 0.5) is 0 Å². The summed E-state index contributed by atoms with van der Waals surface area (Å²) in [6, 6.07) is 49.2. The van der Waals surface area contributed by atoms with E-state index in [-0.39, 0.29) is 0 Å². The fraction of sp³-hybridized carbons (Fsp3) is 0.100. The molecular formula is C40H30N2. The molecule has 9 rings (SSSR count). The lowest BCUT2D eigenvalue weighted by Crippen LogP contribution is -2.13. The molecule has 0 radical (unpaired) electrons. The predicted octanol–water partition coefficient (Wildman–Crippen LogP) is 10.8. The third kappa shape index (κ3) is 3.15. The van der Waals surface area contributed by atoms with Crippen LogP contribution in [0.5, 0.6) is 0 Å². The fourth-order valence-corrected chi connectivity index (χ4v) is 7.53. The van der Waals surface area contributed by atoms with Crippen LogP contribution in [0, 0.1) is 0 Å². The van der Waals surface area contributed by atoms with Gasteiger partial charge in [0.25, 0.3) is 0 Å². The van der Waals surface area contributed by atoms with Crippen LogP contribution < -0.4 is 0 Å². The summed E-state index contributed by atoms with van der Waals surface area (Å²) in [6.07, 6.45) is 0. The summed E-state index contributed by atoms with van der Waals surface area (Å²) < 4.78 is 4.87. The Morgan fingerprint density at radius 3 is 1.19 bits per heavy atom. The largest absolute Gasteiger partial charge is 0.309 e. The molecule has 2 atom stereocenters. The smallest absolute Gasteiger partial charge is 0.0547 e. The van der Waals surface area contributed by atoms with Gasteiger partial charge in [0.1, 0.15) is 0 Å². The molecule has 0 aliphatic heterocycles. The van der Waals surface area contributed by atoms with Crippen LogP contribution in [-0.4, -0.2) is 9.13 Å². The Bertz CT molecular complexity index is 2150. The van der Waals surface area contributed by atoms with E-state index in [9.17, 15) is 0 Å². The zero-order valence-electron chi connectivity index (χ0n) is 23.8. The average molecular weight is 539 g/mol. The molecule has 2 heteroatoms. The molecule has 200 valence electrons. The van der Waals surface area contributed by atoms with Gasteiger partial charge in [0.15, 0.2) is 0 Å². The Kier molecular flexibility index (Phi) is 4.90. The van der Waals surface area contributed by atoms with Gasteiger partial charge in [-0.3, -0.25) is 0 Å². The summed E-state index contributed by atoms with van der Waals surface area (Å²) in [5, 5.41) is 5.28. The van der Waals surface area contributed by atoms with Crippen molar-refractivity contribution in [2.24, 2.45) is 0 Å². The Hall–Kier alpha value is -5.08. The monoisotopic (exact) mass is 538 g/mol. The number of hydrogen-bond donors (Lipinski definition) is 0. The van der Waals surface area contributed by atoms with E-state index in [1.54, 1.807) is 0 Å². The topological polar surface area (TPSA) is 9.86 Å². The van der Waals surface area contributed by atoms with Crippen LogP contribution in [0.1, 0.15) is 36.8 Å².